The lowest BCUT2D eigenvalue weighted by Gasteiger charge is -2.19. The van der Waals surface area contributed by atoms with Gasteiger partial charge < -0.3 is 31.9 Å². The molecule has 0 heterocycles. The van der Waals surface area contributed by atoms with Gasteiger partial charge in [0.05, 0.1) is 13.0 Å². The minimum Gasteiger partial charge on any atom is -0.481 e. The second-order valence-electron chi connectivity index (χ2n) is 4.19. The van der Waals surface area contributed by atoms with E-state index >= 15 is 0 Å². The number of aliphatic hydroxyl groups is 1. The highest BCUT2D eigenvalue weighted by Crippen LogP contribution is 1.94. The summed E-state index contributed by atoms with van der Waals surface area (Å²) in [5.74, 6) is -3.70. The van der Waals surface area contributed by atoms with Crippen molar-refractivity contribution in [3.05, 3.63) is 0 Å². The Balaban J connectivity index is 4.57. The van der Waals surface area contributed by atoms with Crippen molar-refractivity contribution in [2.24, 2.45) is 5.73 Å². The lowest BCUT2D eigenvalue weighted by molar-refractivity contribution is -0.140. The standard InChI is InChI=1S/C11H18N4O7/c12-8(18)1-2-13-10(21)7(4-16)15-11(22)6(14-5-17)3-9(19)20/h5-7,16H,1-4H2,(H2,12,18)(H,13,21)(H,14,17)(H,15,22)(H,19,20)/t6-,7-/m0/s1. The molecule has 0 unspecified atom stereocenters. The van der Waals surface area contributed by atoms with Crippen LogP contribution in [0.25, 0.3) is 0 Å². The predicted molar refractivity (Wildman–Crippen MR) is 71.1 cm³/mol. The predicted octanol–water partition coefficient (Wildman–Crippen LogP) is -3.96. The van der Waals surface area contributed by atoms with Crippen LogP contribution in [-0.2, 0) is 24.0 Å². The first-order chi connectivity index (χ1) is 10.3. The molecule has 0 rings (SSSR count). The molecule has 22 heavy (non-hydrogen) atoms. The van der Waals surface area contributed by atoms with Gasteiger partial charge in [0.15, 0.2) is 0 Å². The third-order valence-electron chi connectivity index (χ3n) is 2.45. The van der Waals surface area contributed by atoms with Gasteiger partial charge in [0, 0.05) is 13.0 Å². The molecule has 0 saturated carbocycles. The van der Waals surface area contributed by atoms with Crippen molar-refractivity contribution in [3.8, 4) is 0 Å². The maximum Gasteiger partial charge on any atom is 0.305 e. The third-order valence-corrected chi connectivity index (χ3v) is 2.45. The number of primary amides is 1. The lowest BCUT2D eigenvalue weighted by Crippen LogP contribution is -2.54. The Morgan fingerprint density at radius 2 is 1.77 bits per heavy atom. The Bertz CT molecular complexity index is 440. The quantitative estimate of drug-likeness (QED) is 0.209. The molecule has 4 amide bonds. The molecule has 0 aliphatic heterocycles. The van der Waals surface area contributed by atoms with Crippen LogP contribution in [0, 0.1) is 0 Å². The Morgan fingerprint density at radius 1 is 1.14 bits per heavy atom. The molecule has 0 aromatic carbocycles. The molecule has 7 N–H and O–H groups in total. The normalized spacial score (nSPS) is 12.6. The van der Waals surface area contributed by atoms with Gasteiger partial charge in [-0.1, -0.05) is 0 Å². The number of nitrogens with one attached hydrogen (secondary N) is 3. The SMILES string of the molecule is NC(=O)CCNC(=O)[C@H](CO)NC(=O)[C@H](CC(=O)O)NC=O. The molecular weight excluding hydrogens is 300 g/mol. The van der Waals surface area contributed by atoms with E-state index in [1.54, 1.807) is 0 Å². The molecule has 0 aromatic heterocycles. The van der Waals surface area contributed by atoms with Gasteiger partial charge in [0.1, 0.15) is 12.1 Å². The van der Waals surface area contributed by atoms with E-state index in [1.165, 1.54) is 0 Å². The molecule has 0 aromatic rings. The number of carboxylic acids is 1. The number of carbonyl (C=O) groups is 5. The van der Waals surface area contributed by atoms with Crippen molar-refractivity contribution < 1.29 is 34.2 Å². The molecule has 0 aliphatic carbocycles. The maximum absolute atomic E-state index is 11.8. The van der Waals surface area contributed by atoms with Gasteiger partial charge in [-0.2, -0.15) is 0 Å². The molecule has 0 saturated heterocycles. The van der Waals surface area contributed by atoms with E-state index in [1.807, 2.05) is 5.32 Å². The molecule has 11 heteroatoms. The molecule has 0 fully saturated rings. The third kappa shape index (κ3) is 7.79. The number of aliphatic hydroxyl groups excluding tert-OH is 1. The van der Waals surface area contributed by atoms with Gasteiger partial charge in [-0.05, 0) is 0 Å². The summed E-state index contributed by atoms with van der Waals surface area (Å²) in [5, 5.41) is 24.0. The second-order valence-corrected chi connectivity index (χ2v) is 4.19. The van der Waals surface area contributed by atoms with Gasteiger partial charge in [-0.15, -0.1) is 0 Å². The lowest BCUT2D eigenvalue weighted by atomic mass is 10.1. The fourth-order valence-electron chi connectivity index (χ4n) is 1.38. The highest BCUT2D eigenvalue weighted by molar-refractivity contribution is 5.92. The summed E-state index contributed by atoms with van der Waals surface area (Å²) in [7, 11) is 0. The second kappa shape index (κ2) is 10.1. The van der Waals surface area contributed by atoms with Crippen LogP contribution in [-0.4, -0.2) is 65.5 Å². The van der Waals surface area contributed by atoms with Crippen LogP contribution in [0.2, 0.25) is 0 Å². The van der Waals surface area contributed by atoms with Crippen molar-refractivity contribution in [2.75, 3.05) is 13.2 Å². The molecule has 0 radical (unpaired) electrons. The van der Waals surface area contributed by atoms with E-state index < -0.39 is 48.8 Å². The van der Waals surface area contributed by atoms with Crippen LogP contribution in [0.4, 0.5) is 0 Å². The smallest absolute Gasteiger partial charge is 0.305 e. The van der Waals surface area contributed by atoms with E-state index in [2.05, 4.69) is 10.6 Å². The van der Waals surface area contributed by atoms with Gasteiger partial charge in [-0.3, -0.25) is 24.0 Å². The van der Waals surface area contributed by atoms with Crippen molar-refractivity contribution in [3.63, 3.8) is 0 Å². The van der Waals surface area contributed by atoms with Gasteiger partial charge in [0.25, 0.3) is 0 Å². The number of nitrogens with two attached hydrogens (primary N) is 1. The van der Waals surface area contributed by atoms with E-state index in [0.717, 1.165) is 0 Å². The van der Waals surface area contributed by atoms with E-state index in [9.17, 15) is 24.0 Å². The zero-order valence-corrected chi connectivity index (χ0v) is 11.6. The Morgan fingerprint density at radius 3 is 2.23 bits per heavy atom. The average Bonchev–Trinajstić information content (AvgIpc) is 2.42. The van der Waals surface area contributed by atoms with Crippen molar-refractivity contribution in [1.82, 2.24) is 16.0 Å². The Kier molecular flexibility index (Phi) is 8.86. The van der Waals surface area contributed by atoms with Crippen LogP contribution in [0.15, 0.2) is 0 Å². The molecule has 0 spiro atoms. The Hall–Kier alpha value is -2.69. The summed E-state index contributed by atoms with van der Waals surface area (Å²) < 4.78 is 0. The Labute approximate surface area is 125 Å². The van der Waals surface area contributed by atoms with Crippen molar-refractivity contribution >= 4 is 30.1 Å². The monoisotopic (exact) mass is 318 g/mol. The van der Waals surface area contributed by atoms with Crippen LogP contribution >= 0.6 is 0 Å². The summed E-state index contributed by atoms with van der Waals surface area (Å²) >= 11 is 0. The molecule has 124 valence electrons. The number of hydrogen-bond donors (Lipinski definition) is 6. The van der Waals surface area contributed by atoms with E-state index in [-0.39, 0.29) is 19.4 Å². The van der Waals surface area contributed by atoms with E-state index in [0.29, 0.717) is 0 Å². The van der Waals surface area contributed by atoms with Gasteiger partial charge >= 0.3 is 5.97 Å². The maximum atomic E-state index is 11.8. The fourth-order valence-corrected chi connectivity index (χ4v) is 1.38. The molecule has 0 aliphatic rings. The highest BCUT2D eigenvalue weighted by Gasteiger charge is 2.26. The minimum absolute atomic E-state index is 0.0777. The molecule has 0 bridgehead atoms. The average molecular weight is 318 g/mol. The van der Waals surface area contributed by atoms with Gasteiger partial charge in [-0.25, -0.2) is 0 Å². The van der Waals surface area contributed by atoms with E-state index in [4.69, 9.17) is 15.9 Å². The molecule has 11 nitrogen and oxygen atoms in total. The number of carboxylic acid groups (broad SMARTS) is 1. The fraction of sp³-hybridized carbons (Fsp3) is 0.545. The van der Waals surface area contributed by atoms with Crippen molar-refractivity contribution in [1.29, 1.82) is 0 Å². The molecular formula is C11H18N4O7. The number of amides is 4. The van der Waals surface area contributed by atoms with Crippen LogP contribution in [0.3, 0.4) is 0 Å². The van der Waals surface area contributed by atoms with Crippen LogP contribution in [0.1, 0.15) is 12.8 Å². The van der Waals surface area contributed by atoms with Crippen LogP contribution in [0.5, 0.6) is 0 Å². The number of hydrogen-bond acceptors (Lipinski definition) is 6. The van der Waals surface area contributed by atoms with Gasteiger partial charge in [0.2, 0.25) is 24.1 Å². The summed E-state index contributed by atoms with van der Waals surface area (Å²) in [5.41, 5.74) is 4.88. The first-order valence-electron chi connectivity index (χ1n) is 6.20. The zero-order chi connectivity index (χ0) is 17.1. The zero-order valence-electron chi connectivity index (χ0n) is 11.6. The summed E-state index contributed by atoms with van der Waals surface area (Å²) in [6.07, 6.45) is -0.660. The summed E-state index contributed by atoms with van der Waals surface area (Å²) in [6.45, 7) is -0.833. The first kappa shape index (κ1) is 19.3. The minimum atomic E-state index is -1.39. The van der Waals surface area contributed by atoms with Crippen molar-refractivity contribution in [2.45, 2.75) is 24.9 Å². The topological polar surface area (TPSA) is 188 Å². The summed E-state index contributed by atoms with van der Waals surface area (Å²) in [6, 6.07) is -2.74. The largest absolute Gasteiger partial charge is 0.481 e. The number of rotatable bonds is 11. The van der Waals surface area contributed by atoms with Crippen LogP contribution < -0.4 is 21.7 Å². The highest BCUT2D eigenvalue weighted by atomic mass is 16.4. The first-order valence-corrected chi connectivity index (χ1v) is 6.20. The number of aliphatic carboxylic acids is 1. The number of carbonyl (C=O) groups excluding carboxylic acids is 4. The summed E-state index contributed by atoms with van der Waals surface area (Å²) in [4.78, 5) is 54.8. The molecule has 2 atom stereocenters.